The zero-order chi connectivity index (χ0) is 18.4. The van der Waals surface area contributed by atoms with Crippen LogP contribution in [-0.2, 0) is 20.9 Å². The summed E-state index contributed by atoms with van der Waals surface area (Å²) in [6, 6.07) is 0. The standard InChI is InChI=1S/C15H22ClN5O3/c1-9(2)6-21-15(16)11(10(3)19-21)4-5-14(24)20(7-12(17)22)8-13(18)23/h4-5,9H,6-8H2,1-3H3,(H2,17,22)(H2,18,23). The molecule has 0 atom stereocenters. The predicted molar refractivity (Wildman–Crippen MR) is 90.8 cm³/mol. The molecule has 0 radical (unpaired) electrons. The highest BCUT2D eigenvalue weighted by atomic mass is 35.5. The van der Waals surface area contributed by atoms with Crippen LogP contribution in [0.25, 0.3) is 6.08 Å². The molecule has 1 aromatic rings. The molecule has 0 aliphatic heterocycles. The van der Waals surface area contributed by atoms with Crippen molar-refractivity contribution in [3.05, 3.63) is 22.5 Å². The molecule has 0 spiro atoms. The normalized spacial score (nSPS) is 11.2. The van der Waals surface area contributed by atoms with Gasteiger partial charge in [0.15, 0.2) is 0 Å². The molecule has 8 nitrogen and oxygen atoms in total. The summed E-state index contributed by atoms with van der Waals surface area (Å²) < 4.78 is 1.66. The molecule has 3 amide bonds. The number of carbonyl (C=O) groups excluding carboxylic acids is 3. The second kappa shape index (κ2) is 8.49. The summed E-state index contributed by atoms with van der Waals surface area (Å²) in [5.41, 5.74) is 11.4. The van der Waals surface area contributed by atoms with Crippen LogP contribution in [0.4, 0.5) is 0 Å². The fraction of sp³-hybridized carbons (Fsp3) is 0.467. The Morgan fingerprint density at radius 3 is 2.25 bits per heavy atom. The molecule has 1 heterocycles. The van der Waals surface area contributed by atoms with Crippen LogP contribution in [-0.4, -0.2) is 45.5 Å². The van der Waals surface area contributed by atoms with Crippen LogP contribution < -0.4 is 11.5 Å². The lowest BCUT2D eigenvalue weighted by atomic mass is 10.2. The Morgan fingerprint density at radius 1 is 1.25 bits per heavy atom. The molecule has 0 bridgehead atoms. The van der Waals surface area contributed by atoms with Crippen LogP contribution in [0.2, 0.25) is 5.15 Å². The van der Waals surface area contributed by atoms with Crippen molar-refractivity contribution in [2.24, 2.45) is 17.4 Å². The number of rotatable bonds is 8. The lowest BCUT2D eigenvalue weighted by Crippen LogP contribution is -2.42. The van der Waals surface area contributed by atoms with Crippen molar-refractivity contribution in [3.63, 3.8) is 0 Å². The third-order valence-corrected chi connectivity index (χ3v) is 3.44. The number of primary amides is 2. The van der Waals surface area contributed by atoms with Crippen LogP contribution in [0.3, 0.4) is 0 Å². The van der Waals surface area contributed by atoms with Crippen LogP contribution in [0.1, 0.15) is 25.1 Å². The summed E-state index contributed by atoms with van der Waals surface area (Å²) in [6.45, 7) is 5.71. The second-order valence-corrected chi connectivity index (χ2v) is 6.18. The molecule has 0 aliphatic carbocycles. The van der Waals surface area contributed by atoms with Gasteiger partial charge in [-0.2, -0.15) is 5.10 Å². The highest BCUT2D eigenvalue weighted by molar-refractivity contribution is 6.31. The largest absolute Gasteiger partial charge is 0.368 e. The number of nitrogens with two attached hydrogens (primary N) is 2. The highest BCUT2D eigenvalue weighted by Gasteiger charge is 2.17. The average molecular weight is 356 g/mol. The van der Waals surface area contributed by atoms with E-state index >= 15 is 0 Å². The van der Waals surface area contributed by atoms with Gasteiger partial charge in [0.1, 0.15) is 18.2 Å². The Hall–Kier alpha value is -2.35. The number of carbonyl (C=O) groups is 3. The molecule has 0 saturated carbocycles. The van der Waals surface area contributed by atoms with Crippen molar-refractivity contribution in [2.45, 2.75) is 27.3 Å². The van der Waals surface area contributed by atoms with Gasteiger partial charge in [0, 0.05) is 18.2 Å². The number of aryl methyl sites for hydroxylation is 1. The highest BCUT2D eigenvalue weighted by Crippen LogP contribution is 2.22. The van der Waals surface area contributed by atoms with Gasteiger partial charge in [-0.05, 0) is 18.9 Å². The minimum Gasteiger partial charge on any atom is -0.368 e. The number of hydrogen-bond donors (Lipinski definition) is 2. The number of aromatic nitrogens is 2. The van der Waals surface area contributed by atoms with E-state index in [4.69, 9.17) is 23.1 Å². The monoisotopic (exact) mass is 355 g/mol. The van der Waals surface area contributed by atoms with E-state index in [1.165, 1.54) is 12.2 Å². The van der Waals surface area contributed by atoms with Crippen molar-refractivity contribution < 1.29 is 14.4 Å². The first-order chi connectivity index (χ1) is 11.1. The minimum atomic E-state index is -0.739. The Labute approximate surface area is 145 Å². The SMILES string of the molecule is Cc1nn(CC(C)C)c(Cl)c1C=CC(=O)N(CC(N)=O)CC(N)=O. The van der Waals surface area contributed by atoms with Gasteiger partial charge in [-0.1, -0.05) is 25.4 Å². The molecule has 0 aromatic carbocycles. The van der Waals surface area contributed by atoms with Gasteiger partial charge in [0.05, 0.1) is 5.69 Å². The number of amides is 3. The lowest BCUT2D eigenvalue weighted by molar-refractivity contribution is -0.134. The van der Waals surface area contributed by atoms with Gasteiger partial charge < -0.3 is 16.4 Å². The fourth-order valence-electron chi connectivity index (χ4n) is 2.07. The number of halogens is 1. The van der Waals surface area contributed by atoms with Crippen LogP contribution in [0.15, 0.2) is 6.08 Å². The van der Waals surface area contributed by atoms with Crippen LogP contribution in [0.5, 0.6) is 0 Å². The quantitative estimate of drug-likeness (QED) is 0.651. The zero-order valence-electron chi connectivity index (χ0n) is 14.0. The molecule has 0 unspecified atom stereocenters. The molecule has 4 N–H and O–H groups in total. The minimum absolute atomic E-state index is 0.363. The third-order valence-electron chi connectivity index (χ3n) is 3.05. The molecule has 0 saturated heterocycles. The van der Waals surface area contributed by atoms with E-state index in [9.17, 15) is 14.4 Å². The fourth-order valence-corrected chi connectivity index (χ4v) is 2.38. The van der Waals surface area contributed by atoms with E-state index in [1.54, 1.807) is 11.6 Å². The summed E-state index contributed by atoms with van der Waals surface area (Å²) in [5.74, 6) is -1.68. The van der Waals surface area contributed by atoms with Crippen molar-refractivity contribution in [1.82, 2.24) is 14.7 Å². The Balaban J connectivity index is 2.97. The predicted octanol–water partition coefficient (Wildman–Crippen LogP) is 0.313. The topological polar surface area (TPSA) is 124 Å². The molecule has 9 heteroatoms. The van der Waals surface area contributed by atoms with E-state index in [2.05, 4.69) is 5.10 Å². The first-order valence-electron chi connectivity index (χ1n) is 7.38. The van der Waals surface area contributed by atoms with Crippen molar-refractivity contribution >= 4 is 35.4 Å². The van der Waals surface area contributed by atoms with Gasteiger partial charge in [-0.3, -0.25) is 19.1 Å². The van der Waals surface area contributed by atoms with Crippen molar-refractivity contribution in [2.75, 3.05) is 13.1 Å². The summed E-state index contributed by atoms with van der Waals surface area (Å²) in [6.07, 6.45) is 2.71. The number of hydrogen-bond acceptors (Lipinski definition) is 4. The third kappa shape index (κ3) is 5.69. The second-order valence-electron chi connectivity index (χ2n) is 5.83. The van der Waals surface area contributed by atoms with Crippen molar-refractivity contribution in [1.29, 1.82) is 0 Å². The first kappa shape index (κ1) is 19.7. The molecule has 0 aliphatic rings. The van der Waals surface area contributed by atoms with Gasteiger partial charge in [-0.15, -0.1) is 0 Å². The zero-order valence-corrected chi connectivity index (χ0v) is 14.7. The summed E-state index contributed by atoms with van der Waals surface area (Å²) >= 11 is 6.28. The van der Waals surface area contributed by atoms with Gasteiger partial charge in [-0.25, -0.2) is 0 Å². The Bertz CT molecular complexity index is 650. The van der Waals surface area contributed by atoms with Gasteiger partial charge >= 0.3 is 0 Å². The van der Waals surface area contributed by atoms with Crippen molar-refractivity contribution in [3.8, 4) is 0 Å². The molecule has 24 heavy (non-hydrogen) atoms. The molecular formula is C15H22ClN5O3. The smallest absolute Gasteiger partial charge is 0.247 e. The van der Waals surface area contributed by atoms with Crippen LogP contribution in [0, 0.1) is 12.8 Å². The summed E-state index contributed by atoms with van der Waals surface area (Å²) in [5, 5.41) is 4.75. The molecule has 1 aromatic heterocycles. The van der Waals surface area contributed by atoms with Gasteiger partial charge in [0.25, 0.3) is 0 Å². The van der Waals surface area contributed by atoms with E-state index < -0.39 is 30.8 Å². The lowest BCUT2D eigenvalue weighted by Gasteiger charge is -2.17. The molecular weight excluding hydrogens is 334 g/mol. The Kier molecular flexibility index (Phi) is 6.97. The number of nitrogens with zero attached hydrogens (tertiary/aromatic N) is 3. The first-order valence-corrected chi connectivity index (χ1v) is 7.76. The van der Waals surface area contributed by atoms with Crippen LogP contribution >= 0.6 is 11.6 Å². The molecule has 132 valence electrons. The van der Waals surface area contributed by atoms with E-state index in [0.717, 1.165) is 4.90 Å². The van der Waals surface area contributed by atoms with Gasteiger partial charge in [0.2, 0.25) is 17.7 Å². The molecule has 1 rings (SSSR count). The van der Waals surface area contributed by atoms with E-state index in [-0.39, 0.29) is 0 Å². The summed E-state index contributed by atoms with van der Waals surface area (Å²) in [7, 11) is 0. The van der Waals surface area contributed by atoms with E-state index in [1.807, 2.05) is 13.8 Å². The molecule has 0 fully saturated rings. The maximum atomic E-state index is 12.1. The summed E-state index contributed by atoms with van der Waals surface area (Å²) in [4.78, 5) is 35.1. The van der Waals surface area contributed by atoms with E-state index in [0.29, 0.717) is 28.9 Å². The average Bonchev–Trinajstić information content (AvgIpc) is 2.68. The Morgan fingerprint density at radius 2 is 1.79 bits per heavy atom. The maximum Gasteiger partial charge on any atom is 0.247 e. The maximum absolute atomic E-state index is 12.1.